The van der Waals surface area contributed by atoms with Crippen molar-refractivity contribution in [2.45, 2.75) is 6.42 Å². The molecule has 1 aromatic rings. The largest absolute Gasteiger partial charge is 0.348 e. The van der Waals surface area contributed by atoms with Gasteiger partial charge in [-0.05, 0) is 13.0 Å². The van der Waals surface area contributed by atoms with E-state index in [-0.39, 0.29) is 6.54 Å². The lowest BCUT2D eigenvalue weighted by Gasteiger charge is -2.15. The first-order valence-corrected chi connectivity index (χ1v) is 6.11. The van der Waals surface area contributed by atoms with E-state index in [9.17, 15) is 26.7 Å². The van der Waals surface area contributed by atoms with Crippen LogP contribution in [0.3, 0.4) is 0 Å². The Morgan fingerprint density at radius 1 is 1.05 bits per heavy atom. The molecule has 0 unspecified atom stereocenters. The molecule has 114 valence electrons. The molecule has 0 aliphatic carbocycles. The maximum atomic E-state index is 13.4. The molecule has 2 rings (SSSR count). The second-order valence-corrected chi connectivity index (χ2v) is 4.44. The number of halogens is 5. The molecule has 0 saturated carbocycles. The van der Waals surface area contributed by atoms with Gasteiger partial charge in [-0.15, -0.1) is 0 Å². The lowest BCUT2D eigenvalue weighted by Crippen LogP contribution is -2.31. The molecular formula is C13H11F5N2O. The normalized spacial score (nSPS) is 14.8. The smallest absolute Gasteiger partial charge is 0.257 e. The number of carbonyl (C=O) groups excluding carboxylic acids is 1. The van der Waals surface area contributed by atoms with Crippen LogP contribution in [0.5, 0.6) is 0 Å². The summed E-state index contributed by atoms with van der Waals surface area (Å²) in [4.78, 5) is 11.7. The predicted octanol–water partition coefficient (Wildman–Crippen LogP) is 2.03. The Kier molecular flexibility index (Phi) is 4.56. The van der Waals surface area contributed by atoms with Crippen LogP contribution in [0, 0.1) is 29.1 Å². The second-order valence-electron chi connectivity index (χ2n) is 4.44. The van der Waals surface area contributed by atoms with E-state index < -0.39 is 40.6 Å². The van der Waals surface area contributed by atoms with E-state index >= 15 is 0 Å². The van der Waals surface area contributed by atoms with Crippen LogP contribution < -0.4 is 10.6 Å². The first kappa shape index (κ1) is 15.4. The van der Waals surface area contributed by atoms with Gasteiger partial charge in [-0.1, -0.05) is 11.6 Å². The van der Waals surface area contributed by atoms with Crippen LogP contribution in [0.25, 0.3) is 0 Å². The standard InChI is InChI=1S/C13H11F5N2O/c14-8-7(9(15)11(17)12(18)10(8)16)13(21)20-5-6-1-3-19-4-2-6/h1,19H,2-5H2,(H,20,21). The fourth-order valence-electron chi connectivity index (χ4n) is 1.92. The fourth-order valence-corrected chi connectivity index (χ4v) is 1.92. The van der Waals surface area contributed by atoms with Crippen LogP contribution in [0.2, 0.25) is 0 Å². The van der Waals surface area contributed by atoms with Gasteiger partial charge in [0.2, 0.25) is 5.82 Å². The average molecular weight is 306 g/mol. The summed E-state index contributed by atoms with van der Waals surface area (Å²) in [5.74, 6) is -12.2. The summed E-state index contributed by atoms with van der Waals surface area (Å²) in [7, 11) is 0. The molecule has 0 atom stereocenters. The number of benzene rings is 1. The van der Waals surface area contributed by atoms with Gasteiger partial charge in [0.15, 0.2) is 23.3 Å². The van der Waals surface area contributed by atoms with Crippen molar-refractivity contribution >= 4 is 5.91 Å². The second kappa shape index (κ2) is 6.21. The third kappa shape index (κ3) is 3.05. The number of nitrogens with one attached hydrogen (secondary N) is 2. The van der Waals surface area contributed by atoms with E-state index in [1.165, 1.54) is 0 Å². The molecule has 1 aliphatic heterocycles. The highest BCUT2D eigenvalue weighted by atomic mass is 19.2. The third-order valence-electron chi connectivity index (χ3n) is 3.07. The van der Waals surface area contributed by atoms with Crippen LogP contribution in [-0.2, 0) is 0 Å². The van der Waals surface area contributed by atoms with E-state index in [1.54, 1.807) is 6.08 Å². The number of rotatable bonds is 3. The quantitative estimate of drug-likeness (QED) is 0.388. The average Bonchev–Trinajstić information content (AvgIpc) is 2.50. The molecule has 0 aromatic heterocycles. The van der Waals surface area contributed by atoms with Gasteiger partial charge >= 0.3 is 0 Å². The fraction of sp³-hybridized carbons (Fsp3) is 0.308. The molecule has 1 aliphatic rings. The first-order valence-electron chi connectivity index (χ1n) is 6.11. The van der Waals surface area contributed by atoms with Crippen molar-refractivity contribution in [3.63, 3.8) is 0 Å². The third-order valence-corrected chi connectivity index (χ3v) is 3.07. The lowest BCUT2D eigenvalue weighted by atomic mass is 10.1. The Bertz CT molecular complexity index is 586. The summed E-state index contributed by atoms with van der Waals surface area (Å²) < 4.78 is 65.7. The summed E-state index contributed by atoms with van der Waals surface area (Å²) in [5, 5.41) is 5.18. The molecule has 0 spiro atoms. The highest BCUT2D eigenvalue weighted by Crippen LogP contribution is 2.22. The number of amides is 1. The van der Waals surface area contributed by atoms with E-state index in [0.717, 1.165) is 5.57 Å². The van der Waals surface area contributed by atoms with E-state index in [2.05, 4.69) is 10.6 Å². The molecule has 0 bridgehead atoms. The molecule has 2 N–H and O–H groups in total. The molecule has 21 heavy (non-hydrogen) atoms. The van der Waals surface area contributed by atoms with Crippen molar-refractivity contribution in [3.8, 4) is 0 Å². The van der Waals surface area contributed by atoms with E-state index in [4.69, 9.17) is 0 Å². The topological polar surface area (TPSA) is 41.1 Å². The Labute approximate surface area is 116 Å². The van der Waals surface area contributed by atoms with Crippen LogP contribution in [0.1, 0.15) is 16.8 Å². The minimum Gasteiger partial charge on any atom is -0.348 e. The van der Waals surface area contributed by atoms with Crippen molar-refractivity contribution in [3.05, 3.63) is 46.3 Å². The van der Waals surface area contributed by atoms with Gasteiger partial charge in [0, 0.05) is 13.1 Å². The molecule has 1 aromatic carbocycles. The van der Waals surface area contributed by atoms with Crippen molar-refractivity contribution in [1.29, 1.82) is 0 Å². The van der Waals surface area contributed by atoms with Crippen LogP contribution >= 0.6 is 0 Å². The molecular weight excluding hydrogens is 295 g/mol. The molecule has 0 fully saturated rings. The summed E-state index contributed by atoms with van der Waals surface area (Å²) >= 11 is 0. The lowest BCUT2D eigenvalue weighted by molar-refractivity contribution is 0.0945. The molecule has 0 radical (unpaired) electrons. The Balaban J connectivity index is 2.21. The van der Waals surface area contributed by atoms with Crippen molar-refractivity contribution in [2.24, 2.45) is 0 Å². The van der Waals surface area contributed by atoms with Gasteiger partial charge in [-0.2, -0.15) is 0 Å². The molecule has 0 saturated heterocycles. The number of carbonyl (C=O) groups is 1. The molecule has 3 nitrogen and oxygen atoms in total. The molecule has 8 heteroatoms. The van der Waals surface area contributed by atoms with Gasteiger partial charge < -0.3 is 10.6 Å². The summed E-state index contributed by atoms with van der Waals surface area (Å²) in [6.07, 6.45) is 2.40. The zero-order valence-corrected chi connectivity index (χ0v) is 10.7. The number of hydrogen-bond acceptors (Lipinski definition) is 2. The minimum absolute atomic E-state index is 0.0139. The molecule has 1 heterocycles. The first-order chi connectivity index (χ1) is 9.93. The van der Waals surface area contributed by atoms with Crippen LogP contribution in [-0.4, -0.2) is 25.5 Å². The Morgan fingerprint density at radius 3 is 2.14 bits per heavy atom. The van der Waals surface area contributed by atoms with Gasteiger partial charge in [-0.3, -0.25) is 4.79 Å². The summed E-state index contributed by atoms with van der Waals surface area (Å²) in [6.45, 7) is 1.26. The van der Waals surface area contributed by atoms with Crippen LogP contribution in [0.15, 0.2) is 11.6 Å². The van der Waals surface area contributed by atoms with E-state index in [0.29, 0.717) is 19.5 Å². The number of hydrogen-bond donors (Lipinski definition) is 2. The summed E-state index contributed by atoms with van der Waals surface area (Å²) in [6, 6.07) is 0. The maximum Gasteiger partial charge on any atom is 0.257 e. The van der Waals surface area contributed by atoms with Gasteiger partial charge in [0.05, 0.1) is 0 Å². The van der Waals surface area contributed by atoms with E-state index in [1.807, 2.05) is 0 Å². The predicted molar refractivity (Wildman–Crippen MR) is 64.1 cm³/mol. The SMILES string of the molecule is O=C(NCC1=CCNCC1)c1c(F)c(F)c(F)c(F)c1F. The van der Waals surface area contributed by atoms with Crippen molar-refractivity contribution in [2.75, 3.05) is 19.6 Å². The minimum atomic E-state index is -2.29. The van der Waals surface area contributed by atoms with Gasteiger partial charge in [-0.25, -0.2) is 22.0 Å². The highest BCUT2D eigenvalue weighted by Gasteiger charge is 2.29. The zero-order chi connectivity index (χ0) is 15.6. The highest BCUT2D eigenvalue weighted by molar-refractivity contribution is 5.95. The van der Waals surface area contributed by atoms with Crippen molar-refractivity contribution in [1.82, 2.24) is 10.6 Å². The Hall–Kier alpha value is -1.96. The van der Waals surface area contributed by atoms with Gasteiger partial charge in [0.25, 0.3) is 5.91 Å². The maximum absolute atomic E-state index is 13.4. The zero-order valence-electron chi connectivity index (χ0n) is 10.7. The van der Waals surface area contributed by atoms with Crippen molar-refractivity contribution < 1.29 is 26.7 Å². The Morgan fingerprint density at radius 2 is 1.62 bits per heavy atom. The molecule has 1 amide bonds. The van der Waals surface area contributed by atoms with Gasteiger partial charge in [0.1, 0.15) is 5.56 Å². The monoisotopic (exact) mass is 306 g/mol. The van der Waals surface area contributed by atoms with Crippen LogP contribution in [0.4, 0.5) is 22.0 Å². The summed E-state index contributed by atoms with van der Waals surface area (Å²) in [5.41, 5.74) is -0.660.